The van der Waals surface area contributed by atoms with Gasteiger partial charge < -0.3 is 10.1 Å². The molecule has 5 nitrogen and oxygen atoms in total. The van der Waals surface area contributed by atoms with Crippen LogP contribution in [0.5, 0.6) is 5.75 Å². The van der Waals surface area contributed by atoms with Crippen LogP contribution in [0.1, 0.15) is 31.1 Å². The van der Waals surface area contributed by atoms with Crippen molar-refractivity contribution in [2.45, 2.75) is 27.1 Å². The van der Waals surface area contributed by atoms with Crippen molar-refractivity contribution in [2.75, 3.05) is 5.32 Å². The highest BCUT2D eigenvalue weighted by molar-refractivity contribution is 6.29. The summed E-state index contributed by atoms with van der Waals surface area (Å²) in [6.45, 7) is 5.46. The maximum absolute atomic E-state index is 12.2. The Morgan fingerprint density at radius 2 is 1.70 bits per heavy atom. The van der Waals surface area contributed by atoms with Gasteiger partial charge in [0, 0.05) is 22.9 Å². The summed E-state index contributed by atoms with van der Waals surface area (Å²) < 4.78 is 40.5. The SMILES string of the molecule is CC.CC(=O)c1cccc(-c2nc(Cl)cc(Nc3ccc(OC(F)(F)F)cc3)n2)c1. The van der Waals surface area contributed by atoms with Gasteiger partial charge in [-0.1, -0.05) is 43.6 Å². The van der Waals surface area contributed by atoms with Crippen molar-refractivity contribution in [3.63, 3.8) is 0 Å². The number of anilines is 2. The Bertz CT molecular complexity index is 1010. The first-order chi connectivity index (χ1) is 14.2. The summed E-state index contributed by atoms with van der Waals surface area (Å²) in [4.78, 5) is 20.1. The Morgan fingerprint density at radius 1 is 1.03 bits per heavy atom. The first kappa shape index (κ1) is 23.2. The summed E-state index contributed by atoms with van der Waals surface area (Å²) in [6.07, 6.45) is -4.75. The number of nitrogens with zero attached hydrogens (tertiary/aromatic N) is 2. The van der Waals surface area contributed by atoms with Crippen LogP contribution in [0.2, 0.25) is 5.15 Å². The standard InChI is InChI=1S/C19H13ClF3N3O2.C2H6/c1-11(27)12-3-2-4-13(9-12)18-25-16(20)10-17(26-18)24-14-5-7-15(8-6-14)28-19(21,22)23;1-2/h2-10H,1H3,(H,24,25,26);1-2H3. The quantitative estimate of drug-likeness (QED) is 0.357. The number of ether oxygens (including phenoxy) is 1. The normalized spacial score (nSPS) is 10.6. The van der Waals surface area contributed by atoms with E-state index in [2.05, 4.69) is 20.0 Å². The smallest absolute Gasteiger partial charge is 0.406 e. The highest BCUT2D eigenvalue weighted by Crippen LogP contribution is 2.27. The van der Waals surface area contributed by atoms with Crippen LogP contribution in [0.25, 0.3) is 11.4 Å². The van der Waals surface area contributed by atoms with Crippen molar-refractivity contribution >= 4 is 28.9 Å². The van der Waals surface area contributed by atoms with E-state index in [1.165, 1.54) is 37.3 Å². The highest BCUT2D eigenvalue weighted by Gasteiger charge is 2.30. The molecule has 1 heterocycles. The van der Waals surface area contributed by atoms with E-state index in [9.17, 15) is 18.0 Å². The van der Waals surface area contributed by atoms with Crippen molar-refractivity contribution in [1.29, 1.82) is 0 Å². The average Bonchev–Trinajstić information content (AvgIpc) is 2.69. The molecule has 0 aliphatic heterocycles. The fourth-order valence-corrected chi connectivity index (χ4v) is 2.56. The molecule has 0 unspecified atom stereocenters. The third-order valence-corrected chi connectivity index (χ3v) is 3.78. The van der Waals surface area contributed by atoms with Crippen molar-refractivity contribution in [3.8, 4) is 17.1 Å². The van der Waals surface area contributed by atoms with Gasteiger partial charge in [-0.15, -0.1) is 13.2 Å². The molecule has 9 heteroatoms. The summed E-state index contributed by atoms with van der Waals surface area (Å²) in [6, 6.07) is 13.4. The van der Waals surface area contributed by atoms with Crippen LogP contribution in [0.15, 0.2) is 54.6 Å². The summed E-state index contributed by atoms with van der Waals surface area (Å²) in [5.41, 5.74) is 1.59. The van der Waals surface area contributed by atoms with Crippen molar-refractivity contribution in [1.82, 2.24) is 9.97 Å². The summed E-state index contributed by atoms with van der Waals surface area (Å²) in [7, 11) is 0. The number of carbonyl (C=O) groups excluding carboxylic acids is 1. The number of hydrogen-bond acceptors (Lipinski definition) is 5. The van der Waals surface area contributed by atoms with E-state index in [-0.39, 0.29) is 16.7 Å². The molecule has 3 rings (SSSR count). The number of nitrogens with one attached hydrogen (secondary N) is 1. The van der Waals surface area contributed by atoms with Gasteiger partial charge in [-0.2, -0.15) is 0 Å². The van der Waals surface area contributed by atoms with Crippen LogP contribution in [0, 0.1) is 0 Å². The van der Waals surface area contributed by atoms with E-state index in [0.29, 0.717) is 28.5 Å². The van der Waals surface area contributed by atoms with Gasteiger partial charge in [0.25, 0.3) is 0 Å². The first-order valence-corrected chi connectivity index (χ1v) is 9.36. The number of alkyl halides is 3. The fourth-order valence-electron chi connectivity index (χ4n) is 2.38. The molecule has 0 atom stereocenters. The molecule has 3 aromatic rings. The highest BCUT2D eigenvalue weighted by atomic mass is 35.5. The van der Waals surface area contributed by atoms with E-state index in [1.54, 1.807) is 24.3 Å². The zero-order valence-corrected chi connectivity index (χ0v) is 17.2. The second-order valence-electron chi connectivity index (χ2n) is 5.73. The van der Waals surface area contributed by atoms with Crippen LogP contribution in [-0.4, -0.2) is 22.1 Å². The predicted molar refractivity (Wildman–Crippen MR) is 110 cm³/mol. The lowest BCUT2D eigenvalue weighted by molar-refractivity contribution is -0.274. The molecule has 0 aliphatic rings. The number of ketones is 1. The minimum absolute atomic E-state index is 0.0941. The van der Waals surface area contributed by atoms with E-state index >= 15 is 0 Å². The molecule has 0 saturated heterocycles. The van der Waals surface area contributed by atoms with Gasteiger partial charge in [-0.05, 0) is 37.3 Å². The molecular weight excluding hydrogens is 419 g/mol. The Hall–Kier alpha value is -3.13. The summed E-state index contributed by atoms with van der Waals surface area (Å²) >= 11 is 6.06. The van der Waals surface area contributed by atoms with Crippen LogP contribution < -0.4 is 10.1 Å². The largest absolute Gasteiger partial charge is 0.573 e. The van der Waals surface area contributed by atoms with Gasteiger partial charge >= 0.3 is 6.36 Å². The van der Waals surface area contributed by atoms with Crippen molar-refractivity contribution in [3.05, 3.63) is 65.3 Å². The minimum atomic E-state index is -4.75. The number of carbonyl (C=O) groups is 1. The van der Waals surface area contributed by atoms with Crippen LogP contribution >= 0.6 is 11.6 Å². The molecule has 30 heavy (non-hydrogen) atoms. The number of halogens is 4. The number of benzene rings is 2. The lowest BCUT2D eigenvalue weighted by atomic mass is 10.1. The van der Waals surface area contributed by atoms with E-state index in [0.717, 1.165) is 0 Å². The lowest BCUT2D eigenvalue weighted by Crippen LogP contribution is -2.16. The average molecular weight is 438 g/mol. The van der Waals surface area contributed by atoms with E-state index < -0.39 is 6.36 Å². The molecule has 0 fully saturated rings. The molecular formula is C21H19ClF3N3O2. The molecule has 0 bridgehead atoms. The molecule has 1 N–H and O–H groups in total. The first-order valence-electron chi connectivity index (χ1n) is 8.98. The summed E-state index contributed by atoms with van der Waals surface area (Å²) in [5, 5.41) is 3.11. The number of rotatable bonds is 5. The van der Waals surface area contributed by atoms with Crippen LogP contribution in [0.4, 0.5) is 24.7 Å². The monoisotopic (exact) mass is 437 g/mol. The van der Waals surface area contributed by atoms with Gasteiger partial charge in [0.2, 0.25) is 0 Å². The lowest BCUT2D eigenvalue weighted by Gasteiger charge is -2.11. The Labute approximate surface area is 176 Å². The fraction of sp³-hybridized carbons (Fsp3) is 0.190. The third-order valence-electron chi connectivity index (χ3n) is 3.58. The number of aromatic nitrogens is 2. The molecule has 0 radical (unpaired) electrons. The molecule has 0 aliphatic carbocycles. The maximum Gasteiger partial charge on any atom is 0.573 e. The maximum atomic E-state index is 12.2. The van der Waals surface area contributed by atoms with E-state index in [1.807, 2.05) is 13.8 Å². The zero-order chi connectivity index (χ0) is 22.3. The molecule has 0 amide bonds. The molecule has 0 saturated carbocycles. The van der Waals surface area contributed by atoms with Crippen LogP contribution in [-0.2, 0) is 0 Å². The predicted octanol–water partition coefficient (Wildman–Crippen LogP) is 6.67. The molecule has 0 spiro atoms. The molecule has 1 aromatic heterocycles. The summed E-state index contributed by atoms with van der Waals surface area (Å²) in [5.74, 6) is 0.215. The Morgan fingerprint density at radius 3 is 2.30 bits per heavy atom. The zero-order valence-electron chi connectivity index (χ0n) is 16.4. The van der Waals surface area contributed by atoms with Gasteiger partial charge in [-0.3, -0.25) is 4.79 Å². The number of Topliss-reactive ketones (excluding diaryl/α,β-unsaturated/α-hetero) is 1. The molecule has 2 aromatic carbocycles. The number of hydrogen-bond donors (Lipinski definition) is 1. The van der Waals surface area contributed by atoms with Crippen LogP contribution in [0.3, 0.4) is 0 Å². The molecule has 158 valence electrons. The van der Waals surface area contributed by atoms with Gasteiger partial charge in [-0.25, -0.2) is 9.97 Å². The Kier molecular flexibility index (Phi) is 7.77. The second kappa shape index (κ2) is 10.1. The minimum Gasteiger partial charge on any atom is -0.406 e. The van der Waals surface area contributed by atoms with Gasteiger partial charge in [0.05, 0.1) is 0 Å². The Balaban J connectivity index is 0.00000155. The second-order valence-corrected chi connectivity index (χ2v) is 6.12. The van der Waals surface area contributed by atoms with E-state index in [4.69, 9.17) is 11.6 Å². The van der Waals surface area contributed by atoms with Crippen molar-refractivity contribution in [2.24, 2.45) is 0 Å². The van der Waals surface area contributed by atoms with Gasteiger partial charge in [0.15, 0.2) is 11.6 Å². The third kappa shape index (κ3) is 6.73. The topological polar surface area (TPSA) is 64.1 Å². The van der Waals surface area contributed by atoms with Crippen molar-refractivity contribution < 1.29 is 22.7 Å². The van der Waals surface area contributed by atoms with Gasteiger partial charge in [0.1, 0.15) is 16.7 Å².